The van der Waals surface area contributed by atoms with Gasteiger partial charge >= 0.3 is 0 Å². The molecule has 0 unspecified atom stereocenters. The molecule has 1 amide bonds. The van der Waals surface area contributed by atoms with E-state index >= 15 is 0 Å². The number of methoxy groups -OCH3 is 1. The Labute approximate surface area is 133 Å². The minimum Gasteiger partial charge on any atom is -0.497 e. The van der Waals surface area contributed by atoms with E-state index in [9.17, 15) is 9.59 Å². The fraction of sp³-hybridized carbons (Fsp3) is 0.294. The Hall–Kier alpha value is -2.76. The van der Waals surface area contributed by atoms with Crippen LogP contribution in [0.4, 0.5) is 11.4 Å². The normalized spacial score (nSPS) is 13.6. The quantitative estimate of drug-likeness (QED) is 0.849. The molecule has 120 valence electrons. The van der Waals surface area contributed by atoms with Crippen LogP contribution >= 0.6 is 0 Å². The molecule has 0 spiro atoms. The van der Waals surface area contributed by atoms with E-state index in [1.807, 2.05) is 0 Å². The van der Waals surface area contributed by atoms with Crippen molar-refractivity contribution < 1.29 is 18.7 Å². The second-order valence-electron chi connectivity index (χ2n) is 5.54. The minimum atomic E-state index is -0.426. The molecule has 2 aromatic rings. The number of aryl methyl sites for hydroxylation is 1. The number of rotatable bonds is 3. The van der Waals surface area contributed by atoms with E-state index in [4.69, 9.17) is 14.9 Å². The number of hydrogen-bond donors (Lipinski definition) is 2. The number of anilines is 2. The number of nitrogen functional groups attached to an aromatic ring is 1. The van der Waals surface area contributed by atoms with Crippen molar-refractivity contribution in [3.05, 3.63) is 40.8 Å². The SMILES string of the molecule is COc1ccc(N)c(NC(=O)c2oc3c(c2C)C(=O)CCC3)c1. The maximum absolute atomic E-state index is 12.5. The molecular weight excluding hydrogens is 296 g/mol. The summed E-state index contributed by atoms with van der Waals surface area (Å²) in [5.74, 6) is 0.951. The second kappa shape index (κ2) is 5.79. The summed E-state index contributed by atoms with van der Waals surface area (Å²) in [6.07, 6.45) is 1.93. The first kappa shape index (κ1) is 15.1. The van der Waals surface area contributed by atoms with Crippen molar-refractivity contribution in [1.29, 1.82) is 0 Å². The van der Waals surface area contributed by atoms with Gasteiger partial charge in [-0.1, -0.05) is 0 Å². The van der Waals surface area contributed by atoms with Gasteiger partial charge in [-0.2, -0.15) is 0 Å². The maximum atomic E-state index is 12.5. The Morgan fingerprint density at radius 2 is 2.13 bits per heavy atom. The molecule has 0 saturated heterocycles. The van der Waals surface area contributed by atoms with Gasteiger partial charge in [0.05, 0.1) is 24.0 Å². The highest BCUT2D eigenvalue weighted by molar-refractivity contribution is 6.08. The molecule has 0 radical (unpaired) electrons. The highest BCUT2D eigenvalue weighted by Gasteiger charge is 2.29. The Morgan fingerprint density at radius 1 is 1.35 bits per heavy atom. The van der Waals surface area contributed by atoms with Gasteiger partial charge in [0, 0.05) is 24.5 Å². The largest absolute Gasteiger partial charge is 0.497 e. The summed E-state index contributed by atoms with van der Waals surface area (Å²) < 4.78 is 10.8. The fourth-order valence-electron chi connectivity index (χ4n) is 2.81. The van der Waals surface area contributed by atoms with E-state index in [-0.39, 0.29) is 11.5 Å². The van der Waals surface area contributed by atoms with Crippen LogP contribution in [-0.2, 0) is 6.42 Å². The Bertz CT molecular complexity index is 792. The first-order valence-corrected chi connectivity index (χ1v) is 7.41. The molecule has 0 aliphatic heterocycles. The molecule has 1 aromatic heterocycles. The molecule has 0 atom stereocenters. The van der Waals surface area contributed by atoms with E-state index < -0.39 is 5.91 Å². The smallest absolute Gasteiger partial charge is 0.291 e. The third kappa shape index (κ3) is 2.67. The van der Waals surface area contributed by atoms with Gasteiger partial charge in [0.25, 0.3) is 5.91 Å². The number of ketones is 1. The lowest BCUT2D eigenvalue weighted by Crippen LogP contribution is -2.14. The number of carbonyl (C=O) groups excluding carboxylic acids is 2. The van der Waals surface area contributed by atoms with Crippen molar-refractivity contribution in [3.63, 3.8) is 0 Å². The summed E-state index contributed by atoms with van der Waals surface area (Å²) in [6, 6.07) is 5.00. The molecule has 1 heterocycles. The molecule has 1 aliphatic rings. The zero-order valence-electron chi connectivity index (χ0n) is 13.1. The highest BCUT2D eigenvalue weighted by Crippen LogP contribution is 2.31. The molecule has 0 fully saturated rings. The number of ether oxygens (including phenoxy) is 1. The van der Waals surface area contributed by atoms with E-state index in [2.05, 4.69) is 5.32 Å². The predicted molar refractivity (Wildman–Crippen MR) is 86.1 cm³/mol. The molecule has 1 aromatic carbocycles. The summed E-state index contributed by atoms with van der Waals surface area (Å²) >= 11 is 0. The van der Waals surface area contributed by atoms with Crippen LogP contribution in [0, 0.1) is 6.92 Å². The maximum Gasteiger partial charge on any atom is 0.291 e. The van der Waals surface area contributed by atoms with E-state index in [0.717, 1.165) is 6.42 Å². The van der Waals surface area contributed by atoms with Crippen LogP contribution in [0.5, 0.6) is 5.75 Å². The van der Waals surface area contributed by atoms with E-state index in [1.165, 1.54) is 7.11 Å². The van der Waals surface area contributed by atoms with Gasteiger partial charge in [-0.3, -0.25) is 9.59 Å². The molecule has 23 heavy (non-hydrogen) atoms. The summed E-state index contributed by atoms with van der Waals surface area (Å²) in [5, 5.41) is 2.72. The number of nitrogens with one attached hydrogen (secondary N) is 1. The lowest BCUT2D eigenvalue weighted by atomic mass is 9.94. The second-order valence-corrected chi connectivity index (χ2v) is 5.54. The number of benzene rings is 1. The molecule has 3 N–H and O–H groups in total. The molecule has 1 aliphatic carbocycles. The number of amides is 1. The van der Waals surface area contributed by atoms with Crippen molar-refractivity contribution >= 4 is 23.1 Å². The van der Waals surface area contributed by atoms with Gasteiger partial charge in [-0.05, 0) is 25.5 Å². The number of Topliss-reactive ketones (excluding diaryl/α,β-unsaturated/α-hetero) is 1. The zero-order chi connectivity index (χ0) is 16.6. The number of carbonyl (C=O) groups is 2. The number of fused-ring (bicyclic) bond motifs is 1. The predicted octanol–water partition coefficient (Wildman–Crippen LogP) is 2.95. The Balaban J connectivity index is 1.91. The summed E-state index contributed by atoms with van der Waals surface area (Å²) in [6.45, 7) is 1.73. The first-order valence-electron chi connectivity index (χ1n) is 7.41. The van der Waals surface area contributed by atoms with E-state index in [1.54, 1.807) is 25.1 Å². The van der Waals surface area contributed by atoms with Crippen molar-refractivity contribution in [2.45, 2.75) is 26.2 Å². The van der Waals surface area contributed by atoms with Gasteiger partial charge in [0.2, 0.25) is 0 Å². The van der Waals surface area contributed by atoms with Crippen LogP contribution in [0.15, 0.2) is 22.6 Å². The Kier molecular flexibility index (Phi) is 3.82. The zero-order valence-corrected chi connectivity index (χ0v) is 13.1. The van der Waals surface area contributed by atoms with Crippen LogP contribution in [-0.4, -0.2) is 18.8 Å². The van der Waals surface area contributed by atoms with Gasteiger partial charge in [0.15, 0.2) is 11.5 Å². The van der Waals surface area contributed by atoms with Crippen LogP contribution in [0.1, 0.15) is 45.1 Å². The lowest BCUT2D eigenvalue weighted by Gasteiger charge is -2.09. The van der Waals surface area contributed by atoms with Gasteiger partial charge < -0.3 is 20.2 Å². The van der Waals surface area contributed by atoms with Crippen molar-refractivity contribution in [2.75, 3.05) is 18.2 Å². The average Bonchev–Trinajstić information content (AvgIpc) is 2.88. The van der Waals surface area contributed by atoms with Crippen LogP contribution in [0.2, 0.25) is 0 Å². The minimum absolute atomic E-state index is 0.0347. The molecule has 6 heteroatoms. The first-order chi connectivity index (χ1) is 11.0. The third-order valence-electron chi connectivity index (χ3n) is 4.02. The standard InChI is InChI=1S/C17H18N2O4/c1-9-15-13(20)4-3-5-14(15)23-16(9)17(21)19-12-8-10(22-2)6-7-11(12)18/h6-8H,3-5,18H2,1-2H3,(H,19,21). The summed E-state index contributed by atoms with van der Waals surface area (Å²) in [4.78, 5) is 24.5. The van der Waals surface area contributed by atoms with Gasteiger partial charge in [0.1, 0.15) is 11.5 Å². The Morgan fingerprint density at radius 3 is 2.83 bits per heavy atom. The van der Waals surface area contributed by atoms with Crippen LogP contribution in [0.3, 0.4) is 0 Å². The molecule has 0 bridgehead atoms. The molecular formula is C17H18N2O4. The lowest BCUT2D eigenvalue weighted by molar-refractivity contribution is 0.0963. The van der Waals surface area contributed by atoms with Crippen molar-refractivity contribution in [1.82, 2.24) is 0 Å². The fourth-order valence-corrected chi connectivity index (χ4v) is 2.81. The average molecular weight is 314 g/mol. The molecule has 0 saturated carbocycles. The summed E-state index contributed by atoms with van der Waals surface area (Å²) in [7, 11) is 1.54. The monoisotopic (exact) mass is 314 g/mol. The summed E-state index contributed by atoms with van der Waals surface area (Å²) in [5.41, 5.74) is 7.88. The van der Waals surface area contributed by atoms with Crippen LogP contribution < -0.4 is 15.8 Å². The van der Waals surface area contributed by atoms with Gasteiger partial charge in [-0.15, -0.1) is 0 Å². The van der Waals surface area contributed by atoms with E-state index in [0.29, 0.717) is 46.9 Å². The van der Waals surface area contributed by atoms with Crippen LogP contribution in [0.25, 0.3) is 0 Å². The highest BCUT2D eigenvalue weighted by atomic mass is 16.5. The topological polar surface area (TPSA) is 94.6 Å². The van der Waals surface area contributed by atoms with Crippen molar-refractivity contribution in [2.24, 2.45) is 0 Å². The van der Waals surface area contributed by atoms with Crippen molar-refractivity contribution in [3.8, 4) is 5.75 Å². The van der Waals surface area contributed by atoms with Gasteiger partial charge in [-0.25, -0.2) is 0 Å². The molecule has 3 rings (SSSR count). The number of furan rings is 1. The molecule has 6 nitrogen and oxygen atoms in total. The number of hydrogen-bond acceptors (Lipinski definition) is 5. The third-order valence-corrected chi connectivity index (χ3v) is 4.02. The number of nitrogens with two attached hydrogens (primary N) is 1.